The van der Waals surface area contributed by atoms with Crippen LogP contribution in [-0.2, 0) is 7.05 Å². The molecule has 1 aliphatic rings. The van der Waals surface area contributed by atoms with Crippen molar-refractivity contribution in [3.63, 3.8) is 0 Å². The van der Waals surface area contributed by atoms with Crippen LogP contribution >= 0.6 is 11.3 Å². The van der Waals surface area contributed by atoms with Gasteiger partial charge in [0.15, 0.2) is 11.5 Å². The minimum absolute atomic E-state index is 0.101. The molecule has 0 bridgehead atoms. The molecule has 33 heavy (non-hydrogen) atoms. The summed E-state index contributed by atoms with van der Waals surface area (Å²) in [5.41, 5.74) is 5.31. The van der Waals surface area contributed by atoms with E-state index in [0.29, 0.717) is 16.3 Å². The van der Waals surface area contributed by atoms with Gasteiger partial charge in [-0.1, -0.05) is 19.9 Å². The molecule has 0 unspecified atom stereocenters. The fraction of sp³-hybridized carbons (Fsp3) is 0.304. The normalized spacial score (nSPS) is 14.1. The summed E-state index contributed by atoms with van der Waals surface area (Å²) in [5.74, 6) is -0.228. The first kappa shape index (κ1) is 21.4. The van der Waals surface area contributed by atoms with Gasteiger partial charge in [-0.15, -0.1) is 11.3 Å². The van der Waals surface area contributed by atoms with Gasteiger partial charge >= 0.3 is 5.97 Å². The van der Waals surface area contributed by atoms with Gasteiger partial charge in [-0.05, 0) is 36.1 Å². The molecule has 4 aromatic rings. The van der Waals surface area contributed by atoms with Crippen LogP contribution in [0.25, 0.3) is 22.5 Å². The molecule has 1 aliphatic heterocycles. The highest BCUT2D eigenvalue weighted by Crippen LogP contribution is 2.35. The topological polar surface area (TPSA) is 109 Å². The SMILES string of the molecule is CC(C)c1cc(Nc2nc(C3=CCCNC3)cn3c(-c4cnn(C)c4)cnc23)sc1C(=O)O. The number of hydrogen-bond donors (Lipinski definition) is 3. The van der Waals surface area contributed by atoms with Crippen molar-refractivity contribution in [2.75, 3.05) is 18.4 Å². The average Bonchev–Trinajstić information content (AvgIpc) is 3.52. The fourth-order valence-corrected chi connectivity index (χ4v) is 5.07. The maximum absolute atomic E-state index is 11.8. The van der Waals surface area contributed by atoms with Crippen LogP contribution in [0.2, 0.25) is 0 Å². The molecular weight excluding hydrogens is 438 g/mol. The number of nitrogens with zero attached hydrogens (tertiary/aromatic N) is 5. The van der Waals surface area contributed by atoms with E-state index in [1.807, 2.05) is 56.1 Å². The maximum atomic E-state index is 11.8. The number of anilines is 2. The van der Waals surface area contributed by atoms with Gasteiger partial charge in [0.25, 0.3) is 0 Å². The zero-order valence-corrected chi connectivity index (χ0v) is 19.5. The second-order valence-electron chi connectivity index (χ2n) is 8.39. The molecule has 9 nitrogen and oxygen atoms in total. The Hall–Kier alpha value is -3.50. The van der Waals surface area contributed by atoms with Gasteiger partial charge in [0.1, 0.15) is 4.88 Å². The number of carboxylic acids is 1. The van der Waals surface area contributed by atoms with Crippen molar-refractivity contribution in [1.29, 1.82) is 0 Å². The Bertz CT molecular complexity index is 1380. The lowest BCUT2D eigenvalue weighted by molar-refractivity contribution is 0.0700. The summed E-state index contributed by atoms with van der Waals surface area (Å²) in [5, 5.41) is 21.4. The summed E-state index contributed by atoms with van der Waals surface area (Å²) < 4.78 is 3.78. The van der Waals surface area contributed by atoms with E-state index >= 15 is 0 Å². The first-order valence-electron chi connectivity index (χ1n) is 10.8. The lowest BCUT2D eigenvalue weighted by atomic mass is 10.0. The zero-order chi connectivity index (χ0) is 23.1. The summed E-state index contributed by atoms with van der Waals surface area (Å²) in [6.07, 6.45) is 10.7. The van der Waals surface area contributed by atoms with E-state index in [9.17, 15) is 9.90 Å². The van der Waals surface area contributed by atoms with Crippen molar-refractivity contribution in [3.05, 3.63) is 53.1 Å². The number of aryl methyl sites for hydroxylation is 1. The Labute approximate surface area is 194 Å². The molecule has 0 spiro atoms. The molecule has 0 radical (unpaired) electrons. The molecule has 0 saturated heterocycles. The second-order valence-corrected chi connectivity index (χ2v) is 9.44. The van der Waals surface area contributed by atoms with Crippen LogP contribution in [0.5, 0.6) is 0 Å². The summed E-state index contributed by atoms with van der Waals surface area (Å²) in [4.78, 5) is 21.6. The average molecular weight is 464 g/mol. The molecule has 5 heterocycles. The van der Waals surface area contributed by atoms with Crippen LogP contribution in [0.3, 0.4) is 0 Å². The van der Waals surface area contributed by atoms with Gasteiger partial charge in [-0.3, -0.25) is 9.08 Å². The summed E-state index contributed by atoms with van der Waals surface area (Å²) in [7, 11) is 1.88. The smallest absolute Gasteiger partial charge is 0.346 e. The third-order valence-corrected chi connectivity index (χ3v) is 6.72. The summed E-state index contributed by atoms with van der Waals surface area (Å²) in [6, 6.07) is 1.90. The number of rotatable bonds is 6. The van der Waals surface area contributed by atoms with E-state index < -0.39 is 5.97 Å². The lowest BCUT2D eigenvalue weighted by Crippen LogP contribution is -2.22. The Kier molecular flexibility index (Phi) is 5.47. The number of carboxylic acid groups (broad SMARTS) is 1. The molecule has 0 atom stereocenters. The monoisotopic (exact) mass is 463 g/mol. The molecule has 3 N–H and O–H groups in total. The molecule has 4 aromatic heterocycles. The van der Waals surface area contributed by atoms with Gasteiger partial charge in [-0.25, -0.2) is 14.8 Å². The van der Waals surface area contributed by atoms with E-state index in [1.54, 1.807) is 4.68 Å². The highest BCUT2D eigenvalue weighted by Gasteiger charge is 2.21. The third kappa shape index (κ3) is 4.03. The molecule has 0 aromatic carbocycles. The van der Waals surface area contributed by atoms with Gasteiger partial charge in [0.05, 0.1) is 28.8 Å². The maximum Gasteiger partial charge on any atom is 0.346 e. The van der Waals surface area contributed by atoms with Crippen molar-refractivity contribution in [2.45, 2.75) is 26.2 Å². The largest absolute Gasteiger partial charge is 0.477 e. The lowest BCUT2D eigenvalue weighted by Gasteiger charge is -2.16. The number of imidazole rings is 1. The van der Waals surface area contributed by atoms with Crippen LogP contribution in [-0.4, -0.2) is 48.3 Å². The van der Waals surface area contributed by atoms with Gasteiger partial charge in [-0.2, -0.15) is 5.10 Å². The number of thiophene rings is 1. The zero-order valence-electron chi connectivity index (χ0n) is 18.7. The number of aromatic nitrogens is 5. The number of hydrogen-bond acceptors (Lipinski definition) is 7. The van der Waals surface area contributed by atoms with Crippen molar-refractivity contribution in [1.82, 2.24) is 29.5 Å². The predicted molar refractivity (Wildman–Crippen MR) is 129 cm³/mol. The van der Waals surface area contributed by atoms with Crippen LogP contribution in [0.4, 0.5) is 10.8 Å². The molecule has 0 saturated carbocycles. The van der Waals surface area contributed by atoms with E-state index in [0.717, 1.165) is 52.6 Å². The minimum Gasteiger partial charge on any atom is -0.477 e. The molecule has 0 amide bonds. The second kappa shape index (κ2) is 8.45. The molecule has 0 aliphatic carbocycles. The van der Waals surface area contributed by atoms with Crippen molar-refractivity contribution >= 4 is 39.3 Å². The number of carbonyl (C=O) groups is 1. The van der Waals surface area contributed by atoms with Crippen LogP contribution in [0, 0.1) is 0 Å². The highest BCUT2D eigenvalue weighted by molar-refractivity contribution is 7.18. The Morgan fingerprint density at radius 1 is 1.30 bits per heavy atom. The highest BCUT2D eigenvalue weighted by atomic mass is 32.1. The van der Waals surface area contributed by atoms with Crippen molar-refractivity contribution in [3.8, 4) is 11.3 Å². The molecule has 0 fully saturated rings. The number of aromatic carboxylic acids is 1. The molecule has 170 valence electrons. The van der Waals surface area contributed by atoms with Gasteiger partial charge in [0.2, 0.25) is 0 Å². The van der Waals surface area contributed by atoms with E-state index in [1.165, 1.54) is 11.3 Å². The Morgan fingerprint density at radius 2 is 2.15 bits per heavy atom. The first-order valence-corrected chi connectivity index (χ1v) is 11.6. The van der Waals surface area contributed by atoms with Gasteiger partial charge < -0.3 is 15.7 Å². The fourth-order valence-electron chi connectivity index (χ4n) is 4.01. The van der Waals surface area contributed by atoms with Crippen molar-refractivity contribution in [2.24, 2.45) is 7.05 Å². The van der Waals surface area contributed by atoms with E-state index in [-0.39, 0.29) is 5.92 Å². The minimum atomic E-state index is -0.915. The van der Waals surface area contributed by atoms with Crippen LogP contribution in [0.15, 0.2) is 36.9 Å². The number of fused-ring (bicyclic) bond motifs is 1. The van der Waals surface area contributed by atoms with Crippen LogP contribution in [0.1, 0.15) is 47.1 Å². The number of nitrogens with one attached hydrogen (secondary N) is 2. The standard InChI is InChI=1S/C23H25N7O2S/c1-13(2)16-7-19(33-20(16)23(31)32)28-21-22-25-10-18(15-9-26-29(3)11-15)30(22)12-17(27-21)14-5-4-6-24-8-14/h5,7,9-13,24H,4,6,8H2,1-3H3,(H,27,28)(H,31,32). The summed E-state index contributed by atoms with van der Waals surface area (Å²) in [6.45, 7) is 5.68. The summed E-state index contributed by atoms with van der Waals surface area (Å²) >= 11 is 1.22. The quantitative estimate of drug-likeness (QED) is 0.394. The Balaban J connectivity index is 1.65. The molecular formula is C23H25N7O2S. The third-order valence-electron chi connectivity index (χ3n) is 5.67. The Morgan fingerprint density at radius 3 is 2.79 bits per heavy atom. The van der Waals surface area contributed by atoms with E-state index in [2.05, 4.69) is 26.8 Å². The molecule has 5 rings (SSSR count). The van der Waals surface area contributed by atoms with Crippen LogP contribution < -0.4 is 10.6 Å². The first-order chi connectivity index (χ1) is 15.9. The van der Waals surface area contributed by atoms with Crippen molar-refractivity contribution < 1.29 is 9.90 Å². The molecule has 10 heteroatoms. The van der Waals surface area contributed by atoms with E-state index in [4.69, 9.17) is 4.98 Å². The predicted octanol–water partition coefficient (Wildman–Crippen LogP) is 4.13. The van der Waals surface area contributed by atoms with Gasteiger partial charge in [0, 0.05) is 31.5 Å².